The maximum absolute atomic E-state index is 14.8. The van der Waals surface area contributed by atoms with Gasteiger partial charge in [-0.2, -0.15) is 4.39 Å². The van der Waals surface area contributed by atoms with E-state index in [4.69, 9.17) is 14.2 Å². The summed E-state index contributed by atoms with van der Waals surface area (Å²) in [5, 5.41) is 3.74. The van der Waals surface area contributed by atoms with Crippen molar-refractivity contribution in [2.45, 2.75) is 78.6 Å². The lowest BCUT2D eigenvalue weighted by molar-refractivity contribution is 0.0525. The smallest absolute Gasteiger partial charge is 0.407 e. The van der Waals surface area contributed by atoms with Gasteiger partial charge in [0.1, 0.15) is 22.8 Å². The SMILES string of the molecule is COc1cc(C)c2c(c1-c1ccc([C@@H](C)CNC(=O)OC(C)(C)C)cc1)c1cc(F)sc1c(=O)n2COCC[Si](C)(C)C. The monoisotopic (exact) mass is 626 g/mol. The second-order valence-corrected chi connectivity index (χ2v) is 19.9. The molecule has 0 aliphatic carbocycles. The molecule has 0 aliphatic heterocycles. The number of amides is 1. The van der Waals surface area contributed by atoms with E-state index >= 15 is 0 Å². The number of thiophene rings is 1. The minimum atomic E-state index is -1.32. The molecule has 1 N–H and O–H groups in total. The number of alkyl carbamates (subject to hydrolysis) is 1. The minimum absolute atomic E-state index is 0.0365. The fourth-order valence-electron chi connectivity index (χ4n) is 5.07. The number of rotatable bonds is 10. The second-order valence-electron chi connectivity index (χ2n) is 13.3. The Hall–Kier alpha value is -3.21. The summed E-state index contributed by atoms with van der Waals surface area (Å²) in [4.78, 5) is 25.8. The van der Waals surface area contributed by atoms with Gasteiger partial charge < -0.3 is 19.5 Å². The lowest BCUT2D eigenvalue weighted by Crippen LogP contribution is -2.34. The third-order valence-electron chi connectivity index (χ3n) is 7.29. The van der Waals surface area contributed by atoms with Gasteiger partial charge in [-0.1, -0.05) is 50.8 Å². The van der Waals surface area contributed by atoms with Gasteiger partial charge in [0.25, 0.3) is 5.56 Å². The number of methoxy groups -OCH3 is 1. The number of nitrogens with one attached hydrogen (secondary N) is 1. The van der Waals surface area contributed by atoms with Gasteiger partial charge >= 0.3 is 6.09 Å². The summed E-state index contributed by atoms with van der Waals surface area (Å²) in [6.07, 6.45) is -0.450. The highest BCUT2D eigenvalue weighted by molar-refractivity contribution is 7.17. The number of nitrogens with zero attached hydrogens (tertiary/aromatic N) is 1. The molecule has 2 aromatic carbocycles. The Labute approximate surface area is 258 Å². The van der Waals surface area contributed by atoms with Crippen LogP contribution in [0.1, 0.15) is 44.7 Å². The van der Waals surface area contributed by atoms with E-state index in [1.165, 1.54) is 6.07 Å². The number of hydrogen-bond donors (Lipinski definition) is 1. The van der Waals surface area contributed by atoms with Crippen LogP contribution in [0.4, 0.5) is 9.18 Å². The Balaban J connectivity index is 1.78. The average molecular weight is 627 g/mol. The molecule has 0 saturated heterocycles. The molecule has 4 rings (SSSR count). The number of halogens is 1. The molecule has 7 nitrogen and oxygen atoms in total. The van der Waals surface area contributed by atoms with Crippen LogP contribution in [-0.4, -0.2) is 44.6 Å². The summed E-state index contributed by atoms with van der Waals surface area (Å²) in [7, 11) is 0.299. The van der Waals surface area contributed by atoms with Crippen molar-refractivity contribution in [3.05, 3.63) is 63.0 Å². The van der Waals surface area contributed by atoms with Crippen molar-refractivity contribution in [1.29, 1.82) is 0 Å². The van der Waals surface area contributed by atoms with Crippen LogP contribution in [0.25, 0.3) is 32.1 Å². The quantitative estimate of drug-likeness (QED) is 0.142. The normalized spacial score (nSPS) is 13.0. The van der Waals surface area contributed by atoms with E-state index in [2.05, 4.69) is 25.0 Å². The molecule has 2 heterocycles. The first-order valence-electron chi connectivity index (χ1n) is 14.6. The number of pyridine rings is 1. The van der Waals surface area contributed by atoms with E-state index in [0.717, 1.165) is 45.0 Å². The van der Waals surface area contributed by atoms with Gasteiger partial charge in [0.15, 0.2) is 5.13 Å². The number of hydrogen-bond acceptors (Lipinski definition) is 6. The molecule has 0 fully saturated rings. The van der Waals surface area contributed by atoms with Gasteiger partial charge in [0, 0.05) is 37.6 Å². The van der Waals surface area contributed by atoms with Crippen molar-refractivity contribution >= 4 is 46.5 Å². The van der Waals surface area contributed by atoms with Gasteiger partial charge in [0.05, 0.1) is 12.6 Å². The maximum atomic E-state index is 14.8. The van der Waals surface area contributed by atoms with Gasteiger partial charge in [-0.05, 0) is 68.5 Å². The van der Waals surface area contributed by atoms with E-state index in [9.17, 15) is 14.0 Å². The van der Waals surface area contributed by atoms with Crippen LogP contribution in [0.2, 0.25) is 25.7 Å². The summed E-state index contributed by atoms with van der Waals surface area (Å²) < 4.78 is 34.0. The van der Waals surface area contributed by atoms with E-state index in [1.54, 1.807) is 11.7 Å². The predicted molar refractivity (Wildman–Crippen MR) is 177 cm³/mol. The molecule has 0 bridgehead atoms. The lowest BCUT2D eigenvalue weighted by atomic mass is 9.92. The zero-order chi connectivity index (χ0) is 31.7. The molecular formula is C33H43FN2O5SSi. The largest absolute Gasteiger partial charge is 0.496 e. The molecule has 0 spiro atoms. The third-order valence-corrected chi connectivity index (χ3v) is 9.91. The summed E-state index contributed by atoms with van der Waals surface area (Å²) in [6, 6.07) is 12.4. The molecule has 10 heteroatoms. The summed E-state index contributed by atoms with van der Waals surface area (Å²) in [5.74, 6) is 0.671. The second kappa shape index (κ2) is 12.8. The number of aryl methyl sites for hydroxylation is 1. The van der Waals surface area contributed by atoms with Crippen molar-refractivity contribution in [2.24, 2.45) is 0 Å². The number of fused-ring (bicyclic) bond motifs is 3. The zero-order valence-corrected chi connectivity index (χ0v) is 28.5. The summed E-state index contributed by atoms with van der Waals surface area (Å²) >= 11 is 0.858. The minimum Gasteiger partial charge on any atom is -0.496 e. The molecule has 0 radical (unpaired) electrons. The Kier molecular flexibility index (Phi) is 9.73. The van der Waals surface area contributed by atoms with E-state index in [1.807, 2.05) is 65.0 Å². The fourth-order valence-corrected chi connectivity index (χ4v) is 6.66. The number of carbonyl (C=O) groups excluding carboxylic acids is 1. The van der Waals surface area contributed by atoms with Gasteiger partial charge in [-0.15, -0.1) is 11.3 Å². The molecule has 4 aromatic rings. The first kappa shape index (κ1) is 32.7. The molecule has 232 valence electrons. The van der Waals surface area contributed by atoms with Crippen molar-refractivity contribution in [2.75, 3.05) is 20.3 Å². The molecule has 43 heavy (non-hydrogen) atoms. The number of benzene rings is 2. The molecule has 0 saturated carbocycles. The highest BCUT2D eigenvalue weighted by Gasteiger charge is 2.23. The van der Waals surface area contributed by atoms with Gasteiger partial charge in [0.2, 0.25) is 0 Å². The van der Waals surface area contributed by atoms with Crippen LogP contribution < -0.4 is 15.6 Å². The van der Waals surface area contributed by atoms with Crippen molar-refractivity contribution in [3.8, 4) is 16.9 Å². The number of ether oxygens (including phenoxy) is 3. The van der Waals surface area contributed by atoms with Crippen molar-refractivity contribution in [1.82, 2.24) is 9.88 Å². The Morgan fingerprint density at radius 1 is 1.14 bits per heavy atom. The van der Waals surface area contributed by atoms with Gasteiger partial charge in [-0.3, -0.25) is 9.36 Å². The third kappa shape index (κ3) is 7.66. The lowest BCUT2D eigenvalue weighted by Gasteiger charge is -2.21. The van der Waals surface area contributed by atoms with Gasteiger partial charge in [-0.25, -0.2) is 4.79 Å². The van der Waals surface area contributed by atoms with Crippen molar-refractivity contribution < 1.29 is 23.4 Å². The van der Waals surface area contributed by atoms with Crippen LogP contribution in [0, 0.1) is 12.1 Å². The summed E-state index contributed by atoms with van der Waals surface area (Å²) in [6.45, 7) is 17.4. The van der Waals surface area contributed by atoms with Crippen LogP contribution in [0.5, 0.6) is 5.75 Å². The molecule has 0 unspecified atom stereocenters. The molecule has 0 aliphatic rings. The average Bonchev–Trinajstić information content (AvgIpc) is 3.31. The van der Waals surface area contributed by atoms with E-state index < -0.39 is 24.9 Å². The number of aromatic nitrogens is 1. The molecule has 2 aromatic heterocycles. The first-order chi connectivity index (χ1) is 20.1. The Morgan fingerprint density at radius 2 is 1.81 bits per heavy atom. The molecular weight excluding hydrogens is 584 g/mol. The molecule has 1 amide bonds. The van der Waals surface area contributed by atoms with Crippen molar-refractivity contribution in [3.63, 3.8) is 0 Å². The predicted octanol–water partition coefficient (Wildman–Crippen LogP) is 8.28. The Bertz CT molecular complexity index is 1680. The van der Waals surface area contributed by atoms with E-state index in [-0.39, 0.29) is 18.2 Å². The van der Waals surface area contributed by atoms with Crippen LogP contribution >= 0.6 is 11.3 Å². The zero-order valence-electron chi connectivity index (χ0n) is 26.6. The highest BCUT2D eigenvalue weighted by Crippen LogP contribution is 2.43. The topological polar surface area (TPSA) is 78.8 Å². The standard InChI is InChI=1S/C33H43FN2O5SSi/c1-20-16-25(39-6)27(23-12-10-22(11-13-23)21(2)18-35-32(38)41-33(3,4)5)28-24-17-26(34)42-30(24)31(37)36(29(20)28)19-40-14-15-43(7,8)9/h10-13,16-17,21H,14-15,18-19H2,1-9H3,(H,35,38)/t21-/m0/s1. The molecule has 1 atom stereocenters. The van der Waals surface area contributed by atoms with E-state index in [0.29, 0.717) is 34.5 Å². The summed E-state index contributed by atoms with van der Waals surface area (Å²) in [5.41, 5.74) is 3.42. The Morgan fingerprint density at radius 3 is 2.42 bits per heavy atom. The number of carbonyl (C=O) groups is 1. The fraction of sp³-hybridized carbons (Fsp3) is 0.455. The maximum Gasteiger partial charge on any atom is 0.407 e. The first-order valence-corrected chi connectivity index (χ1v) is 19.1. The van der Waals surface area contributed by atoms with Crippen LogP contribution in [0.3, 0.4) is 0 Å². The van der Waals surface area contributed by atoms with Crippen LogP contribution in [0.15, 0.2) is 41.2 Å². The highest BCUT2D eigenvalue weighted by atomic mass is 32.1. The van der Waals surface area contributed by atoms with Crippen LogP contribution in [-0.2, 0) is 16.2 Å².